The molecule has 1 aliphatic heterocycles. The largest absolute Gasteiger partial charge is 0.385 e. The molecule has 1 aliphatic rings. The van der Waals surface area contributed by atoms with Gasteiger partial charge in [0.15, 0.2) is 17.2 Å². The van der Waals surface area contributed by atoms with E-state index in [0.29, 0.717) is 35.8 Å². The van der Waals surface area contributed by atoms with Crippen LogP contribution < -0.4 is 21.5 Å². The van der Waals surface area contributed by atoms with Gasteiger partial charge < -0.3 is 16.0 Å². The summed E-state index contributed by atoms with van der Waals surface area (Å²) in [7, 11) is 1.75. The Hall–Kier alpha value is -5.00. The predicted molar refractivity (Wildman–Crippen MR) is 133 cm³/mol. The molecule has 0 bridgehead atoms. The summed E-state index contributed by atoms with van der Waals surface area (Å²) in [6.07, 6.45) is 5.38. The molecule has 1 aromatic carbocycles. The lowest BCUT2D eigenvalue weighted by Crippen LogP contribution is -2.29. The number of rotatable bonds is 6. The first-order valence-electron chi connectivity index (χ1n) is 11.4. The number of fused-ring (bicyclic) bond motifs is 2. The van der Waals surface area contributed by atoms with Crippen molar-refractivity contribution in [1.29, 1.82) is 0 Å². The Kier molecular flexibility index (Phi) is 5.17. The minimum Gasteiger partial charge on any atom is -0.385 e. The number of imidazole rings is 1. The van der Waals surface area contributed by atoms with E-state index < -0.39 is 0 Å². The average molecular weight is 483 g/mol. The average Bonchev–Trinajstić information content (AvgIpc) is 3.63. The zero-order valence-corrected chi connectivity index (χ0v) is 19.3. The highest BCUT2D eigenvalue weighted by Crippen LogP contribution is 2.25. The first-order chi connectivity index (χ1) is 17.6. The molecule has 1 unspecified atom stereocenters. The number of hydrogen-bond acceptors (Lipinski definition) is 8. The molecule has 36 heavy (non-hydrogen) atoms. The highest BCUT2D eigenvalue weighted by Gasteiger charge is 2.28. The van der Waals surface area contributed by atoms with Crippen LogP contribution >= 0.6 is 0 Å². The van der Waals surface area contributed by atoms with Crippen LogP contribution in [0, 0.1) is 0 Å². The molecule has 0 saturated carbocycles. The van der Waals surface area contributed by atoms with E-state index >= 15 is 0 Å². The van der Waals surface area contributed by atoms with E-state index in [1.54, 1.807) is 40.7 Å². The summed E-state index contributed by atoms with van der Waals surface area (Å²) >= 11 is 0. The molecule has 5 heterocycles. The fourth-order valence-corrected chi connectivity index (χ4v) is 4.35. The SMILES string of the molecule is CNc1cc(Nc2cccn(-c3ccccc3)c2=O)nn2c(C(=O)NC3CCn4ncnc43)cnc12. The topological polar surface area (TPSA) is 136 Å². The number of anilines is 3. The molecule has 12 nitrogen and oxygen atoms in total. The van der Waals surface area contributed by atoms with Crippen LogP contribution in [-0.4, -0.2) is 46.9 Å². The predicted octanol–water partition coefficient (Wildman–Crippen LogP) is 2.13. The number of nitrogens with one attached hydrogen (secondary N) is 3. The summed E-state index contributed by atoms with van der Waals surface area (Å²) in [5.41, 5.74) is 2.25. The van der Waals surface area contributed by atoms with Crippen molar-refractivity contribution in [3.05, 3.63) is 89.1 Å². The third kappa shape index (κ3) is 3.64. The van der Waals surface area contributed by atoms with Gasteiger partial charge in [0.25, 0.3) is 11.5 Å². The summed E-state index contributed by atoms with van der Waals surface area (Å²) < 4.78 is 4.79. The molecule has 0 saturated heterocycles. The standard InChI is InChI=1S/C24H22N10O2/c1-25-18-12-20(29-17-8-5-10-32(24(17)36)15-6-3-2-4-7-15)31-34-19(13-26-22(18)34)23(35)30-16-9-11-33-21(16)27-14-28-33/h2-8,10,12-14,16,25H,9,11H2,1H3,(H,29,31)(H,30,35). The Labute approximate surface area is 204 Å². The van der Waals surface area contributed by atoms with Crippen molar-refractivity contribution in [2.24, 2.45) is 0 Å². The number of amides is 1. The van der Waals surface area contributed by atoms with Crippen LogP contribution in [0.25, 0.3) is 11.3 Å². The number of para-hydroxylation sites is 1. The molecule has 4 aromatic heterocycles. The number of benzene rings is 1. The van der Waals surface area contributed by atoms with Crippen LogP contribution in [0.2, 0.25) is 0 Å². The van der Waals surface area contributed by atoms with E-state index in [-0.39, 0.29) is 23.2 Å². The lowest BCUT2D eigenvalue weighted by atomic mass is 10.2. The summed E-state index contributed by atoms with van der Waals surface area (Å²) in [6.45, 7) is 0.696. The fourth-order valence-electron chi connectivity index (χ4n) is 4.35. The second kappa shape index (κ2) is 8.65. The molecular weight excluding hydrogens is 460 g/mol. The quantitative estimate of drug-likeness (QED) is 0.335. The van der Waals surface area contributed by atoms with Gasteiger partial charge in [-0.3, -0.25) is 14.2 Å². The van der Waals surface area contributed by atoms with E-state index in [4.69, 9.17) is 0 Å². The van der Waals surface area contributed by atoms with Gasteiger partial charge in [-0.25, -0.2) is 19.2 Å². The lowest BCUT2D eigenvalue weighted by molar-refractivity contribution is 0.0929. The lowest BCUT2D eigenvalue weighted by Gasteiger charge is -2.13. The summed E-state index contributed by atoms with van der Waals surface area (Å²) in [5.74, 6) is 0.770. The van der Waals surface area contributed by atoms with Crippen LogP contribution in [0.4, 0.5) is 17.2 Å². The maximum absolute atomic E-state index is 13.2. The van der Waals surface area contributed by atoms with Gasteiger partial charge in [0.1, 0.15) is 17.8 Å². The van der Waals surface area contributed by atoms with Gasteiger partial charge in [0, 0.05) is 31.5 Å². The normalized spacial score (nSPS) is 14.5. The first-order valence-corrected chi connectivity index (χ1v) is 11.4. The van der Waals surface area contributed by atoms with E-state index in [2.05, 4.69) is 36.1 Å². The van der Waals surface area contributed by atoms with Gasteiger partial charge in [-0.1, -0.05) is 18.2 Å². The molecule has 180 valence electrons. The van der Waals surface area contributed by atoms with Crippen molar-refractivity contribution >= 4 is 28.7 Å². The van der Waals surface area contributed by atoms with E-state index in [9.17, 15) is 9.59 Å². The first kappa shape index (κ1) is 21.5. The Morgan fingerprint density at radius 3 is 2.78 bits per heavy atom. The molecule has 1 amide bonds. The zero-order valence-electron chi connectivity index (χ0n) is 19.3. The molecule has 0 radical (unpaired) electrons. The zero-order chi connectivity index (χ0) is 24.6. The van der Waals surface area contributed by atoms with Crippen molar-refractivity contribution < 1.29 is 4.79 Å². The number of nitrogens with zero attached hydrogens (tertiary/aromatic N) is 7. The number of aryl methyl sites for hydroxylation is 1. The minimum atomic E-state index is -0.332. The Bertz CT molecular complexity index is 1640. The van der Waals surface area contributed by atoms with Crippen molar-refractivity contribution in [2.75, 3.05) is 17.7 Å². The van der Waals surface area contributed by atoms with Crippen LogP contribution in [0.3, 0.4) is 0 Å². The summed E-state index contributed by atoms with van der Waals surface area (Å²) in [4.78, 5) is 35.0. The molecule has 12 heteroatoms. The summed E-state index contributed by atoms with van der Waals surface area (Å²) in [5, 5.41) is 17.9. The van der Waals surface area contributed by atoms with Crippen LogP contribution in [0.1, 0.15) is 28.8 Å². The molecule has 1 atom stereocenters. The molecule has 0 spiro atoms. The van der Waals surface area contributed by atoms with E-state index in [1.165, 1.54) is 17.0 Å². The van der Waals surface area contributed by atoms with Crippen molar-refractivity contribution in [3.8, 4) is 5.69 Å². The molecule has 6 rings (SSSR count). The summed E-state index contributed by atoms with van der Waals surface area (Å²) in [6, 6.07) is 14.3. The number of aromatic nitrogens is 7. The smallest absolute Gasteiger partial charge is 0.278 e. The van der Waals surface area contributed by atoms with Crippen LogP contribution in [-0.2, 0) is 6.54 Å². The van der Waals surface area contributed by atoms with Crippen molar-refractivity contribution in [1.82, 2.24) is 39.2 Å². The highest BCUT2D eigenvalue weighted by atomic mass is 16.2. The van der Waals surface area contributed by atoms with Gasteiger partial charge in [-0.2, -0.15) is 5.10 Å². The van der Waals surface area contributed by atoms with Gasteiger partial charge in [0.2, 0.25) is 0 Å². The second-order valence-corrected chi connectivity index (χ2v) is 8.29. The minimum absolute atomic E-state index is 0.231. The van der Waals surface area contributed by atoms with Crippen molar-refractivity contribution in [3.63, 3.8) is 0 Å². The maximum atomic E-state index is 13.2. The third-order valence-electron chi connectivity index (χ3n) is 6.11. The van der Waals surface area contributed by atoms with Crippen LogP contribution in [0.15, 0.2) is 72.0 Å². The van der Waals surface area contributed by atoms with E-state index in [0.717, 1.165) is 11.5 Å². The maximum Gasteiger partial charge on any atom is 0.278 e. The van der Waals surface area contributed by atoms with Gasteiger partial charge in [-0.15, -0.1) is 5.10 Å². The molecular formula is C24H22N10O2. The Balaban J connectivity index is 1.34. The molecule has 5 aromatic rings. The molecule has 3 N–H and O–H groups in total. The van der Waals surface area contributed by atoms with Crippen molar-refractivity contribution in [2.45, 2.75) is 19.0 Å². The number of carbonyl (C=O) groups excluding carboxylic acids is 1. The fraction of sp³-hybridized carbons (Fsp3) is 0.167. The number of hydrogen-bond donors (Lipinski definition) is 3. The van der Waals surface area contributed by atoms with Crippen LogP contribution in [0.5, 0.6) is 0 Å². The van der Waals surface area contributed by atoms with Gasteiger partial charge >= 0.3 is 0 Å². The Morgan fingerprint density at radius 2 is 1.94 bits per heavy atom. The molecule has 0 aliphatic carbocycles. The second-order valence-electron chi connectivity index (χ2n) is 8.29. The van der Waals surface area contributed by atoms with E-state index in [1.807, 2.05) is 30.3 Å². The third-order valence-corrected chi connectivity index (χ3v) is 6.11. The number of carbonyl (C=O) groups is 1. The monoisotopic (exact) mass is 482 g/mol. The molecule has 0 fully saturated rings. The highest BCUT2D eigenvalue weighted by molar-refractivity contribution is 5.94. The van der Waals surface area contributed by atoms with Gasteiger partial charge in [0.05, 0.1) is 17.9 Å². The Morgan fingerprint density at radius 1 is 1.08 bits per heavy atom. The van der Waals surface area contributed by atoms with Gasteiger partial charge in [-0.05, 0) is 30.7 Å². The number of pyridine rings is 1.